The molecule has 1 N–H and O–H groups in total. The third-order valence-electron chi connectivity index (χ3n) is 6.52. The first-order chi connectivity index (χ1) is 15.8. The minimum absolute atomic E-state index is 0.130. The molecule has 2 fully saturated rings. The Bertz CT molecular complexity index is 1190. The molecule has 10 heteroatoms. The van der Waals surface area contributed by atoms with Crippen LogP contribution >= 0.6 is 0 Å². The average Bonchev–Trinajstić information content (AvgIpc) is 3.01. The van der Waals surface area contributed by atoms with Gasteiger partial charge in [0.1, 0.15) is 0 Å². The molecular formula is C24H27F3N2O4S. The number of piperidine rings is 1. The van der Waals surface area contributed by atoms with Gasteiger partial charge in [-0.05, 0) is 63.8 Å². The van der Waals surface area contributed by atoms with Crippen LogP contribution in [0.4, 0.5) is 18.9 Å². The molecule has 2 aliphatic rings. The summed E-state index contributed by atoms with van der Waals surface area (Å²) in [4.78, 5) is 15.5. The van der Waals surface area contributed by atoms with Gasteiger partial charge in [0, 0.05) is 42.2 Å². The van der Waals surface area contributed by atoms with Crippen molar-refractivity contribution in [2.75, 3.05) is 11.2 Å². The summed E-state index contributed by atoms with van der Waals surface area (Å²) in [5.74, 6) is -4.70. The molecule has 0 aliphatic carbocycles. The van der Waals surface area contributed by atoms with Gasteiger partial charge in [-0.25, -0.2) is 21.6 Å². The zero-order valence-corrected chi connectivity index (χ0v) is 20.0. The third-order valence-corrected chi connectivity index (χ3v) is 7.65. The van der Waals surface area contributed by atoms with Crippen molar-refractivity contribution >= 4 is 21.4 Å². The summed E-state index contributed by atoms with van der Waals surface area (Å²) in [5.41, 5.74) is -0.565. The van der Waals surface area contributed by atoms with Crippen molar-refractivity contribution in [3.8, 4) is 5.75 Å². The fourth-order valence-electron chi connectivity index (χ4n) is 4.84. The van der Waals surface area contributed by atoms with Gasteiger partial charge in [-0.3, -0.25) is 4.79 Å². The van der Waals surface area contributed by atoms with Gasteiger partial charge in [0.25, 0.3) is 5.91 Å². The topological polar surface area (TPSA) is 75.7 Å². The van der Waals surface area contributed by atoms with Gasteiger partial charge in [-0.15, -0.1) is 0 Å². The summed E-state index contributed by atoms with van der Waals surface area (Å²) in [7, 11) is -3.27. The predicted molar refractivity (Wildman–Crippen MR) is 121 cm³/mol. The molecule has 0 unspecified atom stereocenters. The lowest BCUT2D eigenvalue weighted by Crippen LogP contribution is -2.55. The number of hydrogen-bond acceptors (Lipinski definition) is 5. The highest BCUT2D eigenvalue weighted by atomic mass is 32.2. The van der Waals surface area contributed by atoms with E-state index >= 15 is 0 Å². The largest absolute Gasteiger partial charge is 0.475 e. The Kier molecular flexibility index (Phi) is 6.30. The van der Waals surface area contributed by atoms with Crippen LogP contribution in [0.1, 0.15) is 39.5 Å². The average molecular weight is 497 g/mol. The van der Waals surface area contributed by atoms with Crippen molar-refractivity contribution in [1.82, 2.24) is 5.32 Å². The smallest absolute Gasteiger partial charge is 0.263 e. The van der Waals surface area contributed by atoms with Crippen molar-refractivity contribution in [2.45, 2.75) is 68.2 Å². The first-order valence-electron chi connectivity index (χ1n) is 11.1. The maximum absolute atomic E-state index is 14.0. The van der Waals surface area contributed by atoms with E-state index in [1.807, 2.05) is 12.1 Å². The molecule has 1 amide bonds. The molecule has 6 nitrogen and oxygen atoms in total. The van der Waals surface area contributed by atoms with E-state index in [-0.39, 0.29) is 23.0 Å². The normalized spacial score (nSPS) is 22.5. The zero-order chi connectivity index (χ0) is 24.8. The maximum atomic E-state index is 14.0. The van der Waals surface area contributed by atoms with Gasteiger partial charge in [0.15, 0.2) is 38.6 Å². The number of fused-ring (bicyclic) bond motifs is 2. The van der Waals surface area contributed by atoms with Gasteiger partial charge in [0.05, 0.1) is 4.90 Å². The number of sulfone groups is 1. The Balaban J connectivity index is 1.42. The lowest BCUT2D eigenvalue weighted by molar-refractivity contribution is -0.135. The van der Waals surface area contributed by atoms with Crippen LogP contribution in [0.5, 0.6) is 5.75 Å². The molecule has 0 saturated carbocycles. The van der Waals surface area contributed by atoms with Crippen LogP contribution in [-0.2, 0) is 14.6 Å². The second kappa shape index (κ2) is 8.79. The van der Waals surface area contributed by atoms with Crippen molar-refractivity contribution in [2.24, 2.45) is 0 Å². The minimum Gasteiger partial charge on any atom is -0.475 e. The van der Waals surface area contributed by atoms with E-state index in [2.05, 4.69) is 10.2 Å². The molecule has 2 aliphatic heterocycles. The molecule has 184 valence electrons. The number of carbonyl (C=O) groups is 1. The van der Waals surface area contributed by atoms with Gasteiger partial charge in [-0.1, -0.05) is 0 Å². The van der Waals surface area contributed by atoms with Crippen LogP contribution in [0.3, 0.4) is 0 Å². The molecule has 2 aromatic carbocycles. The second-order valence-electron chi connectivity index (χ2n) is 9.51. The fourth-order valence-corrected chi connectivity index (χ4v) is 5.48. The summed E-state index contributed by atoms with van der Waals surface area (Å²) >= 11 is 0. The van der Waals surface area contributed by atoms with Crippen molar-refractivity contribution in [3.05, 3.63) is 53.8 Å². The quantitative estimate of drug-likeness (QED) is 0.613. The number of nitrogens with zero attached hydrogens (tertiary/aromatic N) is 1. The van der Waals surface area contributed by atoms with E-state index in [9.17, 15) is 26.4 Å². The molecule has 2 heterocycles. The monoisotopic (exact) mass is 496 g/mol. The molecule has 0 spiro atoms. The highest BCUT2D eigenvalue weighted by Gasteiger charge is 2.42. The maximum Gasteiger partial charge on any atom is 0.263 e. The number of benzene rings is 2. The second-order valence-corrected chi connectivity index (χ2v) is 11.5. The Morgan fingerprint density at radius 2 is 1.56 bits per heavy atom. The van der Waals surface area contributed by atoms with E-state index in [1.165, 1.54) is 20.1 Å². The summed E-state index contributed by atoms with van der Waals surface area (Å²) in [6.07, 6.45) is 4.44. The van der Waals surface area contributed by atoms with E-state index in [0.717, 1.165) is 18.5 Å². The minimum atomic E-state index is -3.27. The predicted octanol–water partition coefficient (Wildman–Crippen LogP) is 3.98. The van der Waals surface area contributed by atoms with Crippen molar-refractivity contribution < 1.29 is 31.1 Å². The summed E-state index contributed by atoms with van der Waals surface area (Å²) < 4.78 is 69.6. The summed E-state index contributed by atoms with van der Waals surface area (Å²) in [6.45, 7) is 2.88. The van der Waals surface area contributed by atoms with E-state index < -0.39 is 44.5 Å². The lowest BCUT2D eigenvalue weighted by atomic mass is 9.95. The highest BCUT2D eigenvalue weighted by molar-refractivity contribution is 7.90. The number of anilines is 1. The first kappa shape index (κ1) is 24.4. The number of amides is 1. The van der Waals surface area contributed by atoms with Crippen LogP contribution < -0.4 is 15.0 Å². The Morgan fingerprint density at radius 3 is 2.12 bits per heavy atom. The molecule has 34 heavy (non-hydrogen) atoms. The number of hydrogen-bond donors (Lipinski definition) is 1. The van der Waals surface area contributed by atoms with Crippen molar-refractivity contribution in [1.29, 1.82) is 0 Å². The zero-order valence-electron chi connectivity index (χ0n) is 19.1. The number of ether oxygens (including phenoxy) is 1. The molecule has 2 bridgehead atoms. The van der Waals surface area contributed by atoms with Gasteiger partial charge in [-0.2, -0.15) is 0 Å². The highest BCUT2D eigenvalue weighted by Crippen LogP contribution is 2.39. The molecule has 0 aromatic heterocycles. The van der Waals surface area contributed by atoms with E-state index in [1.54, 1.807) is 12.1 Å². The van der Waals surface area contributed by atoms with Crippen LogP contribution in [0.15, 0.2) is 41.3 Å². The first-order valence-corrected chi connectivity index (χ1v) is 13.0. The molecule has 4 rings (SSSR count). The van der Waals surface area contributed by atoms with E-state index in [4.69, 9.17) is 4.74 Å². The lowest BCUT2D eigenvalue weighted by Gasteiger charge is -2.41. The van der Waals surface area contributed by atoms with Crippen LogP contribution in [-0.4, -0.2) is 44.3 Å². The fraction of sp³-hybridized carbons (Fsp3) is 0.458. The van der Waals surface area contributed by atoms with E-state index in [0.29, 0.717) is 25.0 Å². The summed E-state index contributed by atoms with van der Waals surface area (Å²) in [5, 5.41) is 2.97. The SMILES string of the molecule is CC(C)(Oc1cc(F)c(F)cc1F)C(=O)N[C@H]1C[C@H]2CC[C@@H](C1)N2c1ccc(S(C)(=O)=O)cc1. The Labute approximate surface area is 197 Å². The number of halogens is 3. The Morgan fingerprint density at radius 1 is 1.00 bits per heavy atom. The molecule has 2 saturated heterocycles. The van der Waals surface area contributed by atoms with Crippen LogP contribution in [0.2, 0.25) is 0 Å². The van der Waals surface area contributed by atoms with Gasteiger partial charge < -0.3 is 15.0 Å². The number of carbonyl (C=O) groups excluding carboxylic acids is 1. The molecule has 3 atom stereocenters. The van der Waals surface area contributed by atoms with Crippen LogP contribution in [0.25, 0.3) is 0 Å². The molecule has 2 aromatic rings. The number of nitrogens with one attached hydrogen (secondary N) is 1. The third kappa shape index (κ3) is 4.87. The standard InChI is InChI=1S/C24H27F3N2O4S/c1-24(2,33-22-13-20(26)19(25)12-21(22)27)23(30)28-14-10-16-4-5-17(11-14)29(16)15-6-8-18(9-7-15)34(3,31)32/h6-9,12-14,16-17H,4-5,10-11H2,1-3H3,(H,28,30)/t14-,16+,17-. The summed E-state index contributed by atoms with van der Waals surface area (Å²) in [6, 6.07) is 8.05. The Hall–Kier alpha value is -2.75. The van der Waals surface area contributed by atoms with Gasteiger partial charge in [0.2, 0.25) is 0 Å². The van der Waals surface area contributed by atoms with Gasteiger partial charge >= 0.3 is 0 Å². The van der Waals surface area contributed by atoms with Crippen LogP contribution in [0, 0.1) is 17.5 Å². The number of rotatable bonds is 6. The van der Waals surface area contributed by atoms with Crippen molar-refractivity contribution in [3.63, 3.8) is 0 Å². The molecular weight excluding hydrogens is 469 g/mol. The molecule has 0 radical (unpaired) electrons.